The average molecular weight is 453 g/mol. The minimum atomic E-state index is -4.07. The Kier molecular flexibility index (Phi) is 5.75. The van der Waals surface area contributed by atoms with Crippen LogP contribution >= 0.6 is 23.2 Å². The second-order valence-electron chi connectivity index (χ2n) is 6.39. The van der Waals surface area contributed by atoms with Gasteiger partial charge in [0, 0.05) is 12.6 Å². The molecule has 28 heavy (non-hydrogen) atoms. The van der Waals surface area contributed by atoms with E-state index in [1.54, 1.807) is 37.2 Å². The summed E-state index contributed by atoms with van der Waals surface area (Å²) in [5.74, 6) is -0.593. The van der Waals surface area contributed by atoms with Crippen LogP contribution in [0, 0.1) is 0 Å². The second-order valence-corrected chi connectivity index (χ2v) is 8.91. The number of benzene rings is 2. The number of rotatable bonds is 6. The molecule has 0 aromatic heterocycles. The van der Waals surface area contributed by atoms with Crippen LogP contribution in [0.4, 0.5) is 8.78 Å². The number of alkyl halides is 2. The maximum absolute atomic E-state index is 13.2. The van der Waals surface area contributed by atoms with Crippen LogP contribution in [0.3, 0.4) is 0 Å². The van der Waals surface area contributed by atoms with Gasteiger partial charge in [-0.1, -0.05) is 29.3 Å². The first kappa shape index (κ1) is 21.1. The molecule has 1 N–H and O–H groups in total. The third kappa shape index (κ3) is 4.66. The zero-order chi connectivity index (χ0) is 20.7. The molecule has 0 saturated carbocycles. The molecule has 0 saturated heterocycles. The Morgan fingerprint density at radius 2 is 1.75 bits per heavy atom. The van der Waals surface area contributed by atoms with E-state index in [9.17, 15) is 17.2 Å². The molecule has 0 bridgehead atoms. The van der Waals surface area contributed by atoms with Gasteiger partial charge in [-0.05, 0) is 43.9 Å². The van der Waals surface area contributed by atoms with Gasteiger partial charge in [-0.15, -0.1) is 8.78 Å². The molecule has 6 nitrogen and oxygen atoms in total. The number of nitrogens with one attached hydrogen (secondary N) is 1. The maximum atomic E-state index is 13.2. The third-order valence-electron chi connectivity index (χ3n) is 3.87. The molecular formula is C17H16Cl2F2N2O4S. The Morgan fingerprint density at radius 3 is 2.39 bits per heavy atom. The minimum absolute atomic E-state index is 0.238. The molecule has 3 rings (SSSR count). The number of ether oxygens (including phenoxy) is 2. The minimum Gasteiger partial charge on any atom is -0.395 e. The SMILES string of the molecule is CN(C)C[C@@H](NS(=O)(=O)c1ccc2c(c1)OC(F)(F)O2)c1ccc(Cl)c(Cl)c1. The summed E-state index contributed by atoms with van der Waals surface area (Å²) in [4.78, 5) is 1.55. The van der Waals surface area contributed by atoms with E-state index >= 15 is 0 Å². The first-order chi connectivity index (χ1) is 13.0. The summed E-state index contributed by atoms with van der Waals surface area (Å²) in [6.07, 6.45) is -3.83. The Bertz CT molecular complexity index is 1000. The van der Waals surface area contributed by atoms with Crippen molar-refractivity contribution in [2.24, 2.45) is 0 Å². The van der Waals surface area contributed by atoms with Crippen LogP contribution in [0.15, 0.2) is 41.3 Å². The van der Waals surface area contributed by atoms with E-state index in [2.05, 4.69) is 14.2 Å². The van der Waals surface area contributed by atoms with Crippen molar-refractivity contribution in [2.45, 2.75) is 17.2 Å². The molecule has 152 valence electrons. The van der Waals surface area contributed by atoms with Crippen LogP contribution in [0.2, 0.25) is 10.0 Å². The number of hydrogen-bond donors (Lipinski definition) is 1. The molecule has 0 amide bonds. The maximum Gasteiger partial charge on any atom is 0.586 e. The van der Waals surface area contributed by atoms with Gasteiger partial charge in [0.25, 0.3) is 0 Å². The van der Waals surface area contributed by atoms with Crippen molar-refractivity contribution in [1.29, 1.82) is 0 Å². The van der Waals surface area contributed by atoms with Crippen molar-refractivity contribution >= 4 is 33.2 Å². The van der Waals surface area contributed by atoms with Crippen molar-refractivity contribution in [2.75, 3.05) is 20.6 Å². The molecule has 0 radical (unpaired) electrons. The van der Waals surface area contributed by atoms with E-state index < -0.39 is 22.4 Å². The summed E-state index contributed by atoms with van der Waals surface area (Å²) < 4.78 is 63.2. The molecule has 1 heterocycles. The van der Waals surface area contributed by atoms with Crippen LogP contribution in [-0.2, 0) is 10.0 Å². The van der Waals surface area contributed by atoms with Crippen molar-refractivity contribution in [3.05, 3.63) is 52.0 Å². The molecule has 0 spiro atoms. The second kappa shape index (κ2) is 7.64. The largest absolute Gasteiger partial charge is 0.586 e. The van der Waals surface area contributed by atoms with Crippen molar-refractivity contribution in [3.8, 4) is 11.5 Å². The number of fused-ring (bicyclic) bond motifs is 1. The molecule has 0 unspecified atom stereocenters. The fourth-order valence-electron chi connectivity index (χ4n) is 2.66. The fraction of sp³-hybridized carbons (Fsp3) is 0.294. The van der Waals surface area contributed by atoms with Crippen LogP contribution in [-0.4, -0.2) is 40.3 Å². The van der Waals surface area contributed by atoms with E-state index in [0.29, 0.717) is 17.1 Å². The number of hydrogen-bond acceptors (Lipinski definition) is 5. The van der Waals surface area contributed by atoms with Gasteiger partial charge in [-0.3, -0.25) is 0 Å². The van der Waals surface area contributed by atoms with Crippen molar-refractivity contribution in [1.82, 2.24) is 9.62 Å². The number of sulfonamides is 1. The first-order valence-electron chi connectivity index (χ1n) is 7.99. The summed E-state index contributed by atoms with van der Waals surface area (Å²) in [6, 6.07) is 7.39. The van der Waals surface area contributed by atoms with Crippen LogP contribution in [0.1, 0.15) is 11.6 Å². The normalized spacial score (nSPS) is 16.4. The Balaban J connectivity index is 1.91. The van der Waals surface area contributed by atoms with Gasteiger partial charge < -0.3 is 14.4 Å². The van der Waals surface area contributed by atoms with E-state index in [1.165, 1.54) is 0 Å². The van der Waals surface area contributed by atoms with Gasteiger partial charge in [0.15, 0.2) is 11.5 Å². The van der Waals surface area contributed by atoms with Crippen molar-refractivity contribution in [3.63, 3.8) is 0 Å². The lowest BCUT2D eigenvalue weighted by Crippen LogP contribution is -2.35. The fourth-order valence-corrected chi connectivity index (χ4v) is 4.19. The molecule has 0 aliphatic carbocycles. The lowest BCUT2D eigenvalue weighted by Gasteiger charge is -2.23. The predicted octanol–water partition coefficient (Wildman–Crippen LogP) is 3.90. The van der Waals surface area contributed by atoms with Crippen LogP contribution in [0.25, 0.3) is 0 Å². The summed E-state index contributed by atoms with van der Waals surface area (Å²) >= 11 is 12.0. The smallest absolute Gasteiger partial charge is 0.395 e. The van der Waals surface area contributed by atoms with Crippen LogP contribution < -0.4 is 14.2 Å². The summed E-state index contributed by atoms with van der Waals surface area (Å²) in [7, 11) is -0.510. The third-order valence-corrected chi connectivity index (χ3v) is 6.08. The van der Waals surface area contributed by atoms with Gasteiger partial charge in [-0.2, -0.15) is 0 Å². The summed E-state index contributed by atoms with van der Waals surface area (Å²) in [5, 5.41) is 0.626. The topological polar surface area (TPSA) is 67.9 Å². The highest BCUT2D eigenvalue weighted by Gasteiger charge is 2.43. The van der Waals surface area contributed by atoms with E-state index in [0.717, 1.165) is 18.2 Å². The standard InChI is InChI=1S/C17H16Cl2F2N2O4S/c1-23(2)9-14(10-3-5-12(18)13(19)7-10)22-28(24,25)11-4-6-15-16(8-11)27-17(20,21)26-15/h3-8,14,22H,9H2,1-2H3/t14-/m1/s1. The molecule has 1 aliphatic rings. The highest BCUT2D eigenvalue weighted by atomic mass is 35.5. The van der Waals surface area contributed by atoms with Gasteiger partial charge in [0.05, 0.1) is 21.0 Å². The predicted molar refractivity (Wildman–Crippen MR) is 101 cm³/mol. The van der Waals surface area contributed by atoms with Gasteiger partial charge in [0.1, 0.15) is 0 Å². The molecule has 2 aromatic carbocycles. The lowest BCUT2D eigenvalue weighted by atomic mass is 10.1. The Hall–Kier alpha value is -1.65. The van der Waals surface area contributed by atoms with E-state index in [-0.39, 0.29) is 21.4 Å². The average Bonchev–Trinajstić information content (AvgIpc) is 2.89. The Morgan fingerprint density at radius 1 is 1.07 bits per heavy atom. The highest BCUT2D eigenvalue weighted by Crippen LogP contribution is 2.42. The quantitative estimate of drug-likeness (QED) is 0.719. The van der Waals surface area contributed by atoms with Gasteiger partial charge in [-0.25, -0.2) is 13.1 Å². The van der Waals surface area contributed by atoms with E-state index in [1.807, 2.05) is 0 Å². The van der Waals surface area contributed by atoms with Crippen molar-refractivity contribution < 1.29 is 26.7 Å². The Labute approximate surface area is 171 Å². The zero-order valence-electron chi connectivity index (χ0n) is 14.7. The van der Waals surface area contributed by atoms with Gasteiger partial charge >= 0.3 is 6.29 Å². The zero-order valence-corrected chi connectivity index (χ0v) is 17.1. The molecule has 2 aromatic rings. The molecule has 0 fully saturated rings. The molecule has 11 heteroatoms. The number of nitrogens with zero attached hydrogens (tertiary/aromatic N) is 1. The highest BCUT2D eigenvalue weighted by molar-refractivity contribution is 7.89. The summed E-state index contributed by atoms with van der Waals surface area (Å²) in [6.45, 7) is 0.319. The van der Waals surface area contributed by atoms with Gasteiger partial charge in [0.2, 0.25) is 10.0 Å². The molecular weight excluding hydrogens is 437 g/mol. The number of likely N-dealkylation sites (N-methyl/N-ethyl adjacent to an activating group) is 1. The molecule has 1 aliphatic heterocycles. The van der Waals surface area contributed by atoms with E-state index in [4.69, 9.17) is 23.2 Å². The number of halogens is 4. The lowest BCUT2D eigenvalue weighted by molar-refractivity contribution is -0.286. The summed E-state index contributed by atoms with van der Waals surface area (Å²) in [5.41, 5.74) is 0.596. The monoisotopic (exact) mass is 452 g/mol. The molecule has 1 atom stereocenters. The van der Waals surface area contributed by atoms with Crippen LogP contribution in [0.5, 0.6) is 11.5 Å². The first-order valence-corrected chi connectivity index (χ1v) is 10.2.